The number of carbonyl (C=O) groups excluding carboxylic acids is 1. The number of primary amides is 1. The van der Waals surface area contributed by atoms with Crippen LogP contribution in [0.15, 0.2) is 29.9 Å². The van der Waals surface area contributed by atoms with Crippen molar-refractivity contribution in [2.45, 2.75) is 38.9 Å². The van der Waals surface area contributed by atoms with E-state index in [1.807, 2.05) is 49.0 Å². The molecule has 2 rings (SSSR count). The molecule has 0 spiro atoms. The summed E-state index contributed by atoms with van der Waals surface area (Å²) >= 11 is 1.62. The van der Waals surface area contributed by atoms with Crippen LogP contribution in [0.2, 0.25) is 0 Å². The highest BCUT2D eigenvalue weighted by Gasteiger charge is 2.32. The number of nitrogens with two attached hydrogens (primary N) is 1. The number of thiophene rings is 1. The Kier molecular flexibility index (Phi) is 4.25. The van der Waals surface area contributed by atoms with E-state index in [0.717, 1.165) is 10.7 Å². The zero-order valence-corrected chi connectivity index (χ0v) is 12.8. The van der Waals surface area contributed by atoms with Gasteiger partial charge in [0.2, 0.25) is 5.91 Å². The lowest BCUT2D eigenvalue weighted by atomic mass is 10.00. The first-order chi connectivity index (χ1) is 9.42. The normalized spacial score (nSPS) is 14.4. The number of aromatic nitrogens is 2. The second-order valence-corrected chi connectivity index (χ2v) is 6.30. The Bertz CT molecular complexity index is 576. The third-order valence-electron chi connectivity index (χ3n) is 3.09. The summed E-state index contributed by atoms with van der Waals surface area (Å²) in [6, 6.07) is 4.17. The van der Waals surface area contributed by atoms with Crippen molar-refractivity contribution >= 4 is 17.2 Å². The van der Waals surface area contributed by atoms with Crippen LogP contribution < -0.4 is 11.1 Å². The third-order valence-corrected chi connectivity index (χ3v) is 3.96. The van der Waals surface area contributed by atoms with E-state index in [1.54, 1.807) is 17.5 Å². The van der Waals surface area contributed by atoms with Crippen LogP contribution in [0.1, 0.15) is 20.8 Å². The number of hydrogen-bond acceptors (Lipinski definition) is 4. The van der Waals surface area contributed by atoms with Gasteiger partial charge in [-0.25, -0.2) is 4.98 Å². The van der Waals surface area contributed by atoms with Gasteiger partial charge in [-0.15, -0.1) is 11.3 Å². The minimum Gasteiger partial charge on any atom is -0.368 e. The molecule has 2 aromatic heterocycles. The molecule has 0 bridgehead atoms. The lowest BCUT2D eigenvalue weighted by molar-refractivity contribution is -0.124. The predicted molar refractivity (Wildman–Crippen MR) is 81.4 cm³/mol. The minimum absolute atomic E-state index is 0.168. The maximum absolute atomic E-state index is 11.8. The summed E-state index contributed by atoms with van der Waals surface area (Å²) in [5.41, 5.74) is 4.77. The Morgan fingerprint density at radius 2 is 2.35 bits per heavy atom. The van der Waals surface area contributed by atoms with E-state index >= 15 is 0 Å². The molecule has 0 radical (unpaired) electrons. The van der Waals surface area contributed by atoms with Crippen LogP contribution in [0.3, 0.4) is 0 Å². The average molecular weight is 292 g/mol. The summed E-state index contributed by atoms with van der Waals surface area (Å²) in [5.74, 6) is 0.495. The summed E-state index contributed by atoms with van der Waals surface area (Å²) in [6.45, 7) is 6.27. The zero-order valence-electron chi connectivity index (χ0n) is 12.0. The van der Waals surface area contributed by atoms with E-state index in [1.165, 1.54) is 0 Å². The molecule has 2 aromatic rings. The fourth-order valence-electron chi connectivity index (χ4n) is 2.24. The number of hydrogen-bond donors (Lipinski definition) is 2. The molecule has 0 aromatic carbocycles. The van der Waals surface area contributed by atoms with Crippen LogP contribution in [-0.2, 0) is 11.3 Å². The van der Waals surface area contributed by atoms with Gasteiger partial charge in [0.25, 0.3) is 0 Å². The van der Waals surface area contributed by atoms with E-state index in [9.17, 15) is 4.79 Å². The van der Waals surface area contributed by atoms with Gasteiger partial charge in [-0.05, 0) is 32.2 Å². The largest absolute Gasteiger partial charge is 0.368 e. The van der Waals surface area contributed by atoms with Gasteiger partial charge in [0.15, 0.2) is 0 Å². The van der Waals surface area contributed by atoms with Gasteiger partial charge in [-0.3, -0.25) is 10.1 Å². The molecule has 5 nitrogen and oxygen atoms in total. The van der Waals surface area contributed by atoms with Crippen molar-refractivity contribution in [2.24, 2.45) is 5.73 Å². The summed E-state index contributed by atoms with van der Waals surface area (Å²) < 4.78 is 1.96. The molecule has 2 heterocycles. The van der Waals surface area contributed by atoms with Gasteiger partial charge in [-0.2, -0.15) is 0 Å². The Morgan fingerprint density at radius 1 is 1.60 bits per heavy atom. The Balaban J connectivity index is 2.29. The fourth-order valence-corrected chi connectivity index (χ4v) is 2.98. The molecule has 108 valence electrons. The van der Waals surface area contributed by atoms with E-state index in [-0.39, 0.29) is 11.9 Å². The Labute approximate surface area is 122 Å². The molecule has 0 fully saturated rings. The average Bonchev–Trinajstić information content (AvgIpc) is 2.96. The molecule has 3 N–H and O–H groups in total. The summed E-state index contributed by atoms with van der Waals surface area (Å²) in [7, 11) is 0. The van der Waals surface area contributed by atoms with E-state index in [2.05, 4.69) is 10.3 Å². The van der Waals surface area contributed by atoms with Crippen LogP contribution in [0.4, 0.5) is 0 Å². The summed E-state index contributed by atoms with van der Waals surface area (Å²) in [5, 5.41) is 5.25. The van der Waals surface area contributed by atoms with Crippen molar-refractivity contribution < 1.29 is 4.79 Å². The van der Waals surface area contributed by atoms with Crippen molar-refractivity contribution in [3.8, 4) is 10.7 Å². The van der Waals surface area contributed by atoms with E-state index < -0.39 is 5.54 Å². The van der Waals surface area contributed by atoms with Crippen molar-refractivity contribution in [1.82, 2.24) is 14.9 Å². The zero-order chi connectivity index (χ0) is 14.8. The van der Waals surface area contributed by atoms with Crippen LogP contribution in [0, 0.1) is 0 Å². The van der Waals surface area contributed by atoms with Crippen LogP contribution in [0.5, 0.6) is 0 Å². The molecule has 20 heavy (non-hydrogen) atoms. The first-order valence-electron chi connectivity index (χ1n) is 6.55. The minimum atomic E-state index is -0.805. The number of imidazole rings is 1. The predicted octanol–water partition coefficient (Wildman–Crippen LogP) is 1.85. The van der Waals surface area contributed by atoms with Crippen molar-refractivity contribution in [3.05, 3.63) is 29.9 Å². The molecule has 0 aliphatic heterocycles. The molecule has 1 unspecified atom stereocenters. The molecule has 0 aliphatic rings. The highest BCUT2D eigenvalue weighted by Crippen LogP contribution is 2.24. The SMILES string of the molecule is CC(C)NC(C)(Cn1ccnc1-c1cccs1)C(N)=O. The maximum Gasteiger partial charge on any atom is 0.239 e. The number of carbonyl (C=O) groups is 1. The second-order valence-electron chi connectivity index (χ2n) is 5.35. The number of rotatable bonds is 6. The van der Waals surface area contributed by atoms with Crippen molar-refractivity contribution in [1.29, 1.82) is 0 Å². The van der Waals surface area contributed by atoms with E-state index in [0.29, 0.717) is 6.54 Å². The standard InChI is InChI=1S/C14H20N4OS/c1-10(2)17-14(3,13(15)19)9-18-7-6-16-12(18)11-5-4-8-20-11/h4-8,10,17H,9H2,1-3H3,(H2,15,19). The van der Waals surface area contributed by atoms with E-state index in [4.69, 9.17) is 5.73 Å². The molecule has 1 amide bonds. The summed E-state index contributed by atoms with van der Waals surface area (Å²) in [4.78, 5) is 17.3. The topological polar surface area (TPSA) is 72.9 Å². The molecular weight excluding hydrogens is 272 g/mol. The quantitative estimate of drug-likeness (QED) is 0.853. The van der Waals surface area contributed by atoms with Gasteiger partial charge in [-0.1, -0.05) is 6.07 Å². The first-order valence-corrected chi connectivity index (χ1v) is 7.43. The van der Waals surface area contributed by atoms with Gasteiger partial charge >= 0.3 is 0 Å². The van der Waals surface area contributed by atoms with Crippen LogP contribution >= 0.6 is 11.3 Å². The maximum atomic E-state index is 11.8. The number of amides is 1. The molecule has 6 heteroatoms. The lowest BCUT2D eigenvalue weighted by Crippen LogP contribution is -2.58. The Morgan fingerprint density at radius 3 is 2.90 bits per heavy atom. The molecule has 0 saturated heterocycles. The first kappa shape index (κ1) is 14.7. The smallest absolute Gasteiger partial charge is 0.239 e. The van der Waals surface area contributed by atoms with Gasteiger partial charge in [0.1, 0.15) is 11.4 Å². The number of nitrogens with zero attached hydrogens (tertiary/aromatic N) is 2. The highest BCUT2D eigenvalue weighted by atomic mass is 32.1. The summed E-state index contributed by atoms with van der Waals surface area (Å²) in [6.07, 6.45) is 3.62. The van der Waals surface area contributed by atoms with Crippen molar-refractivity contribution in [3.63, 3.8) is 0 Å². The van der Waals surface area contributed by atoms with Crippen LogP contribution in [0.25, 0.3) is 10.7 Å². The monoisotopic (exact) mass is 292 g/mol. The lowest BCUT2D eigenvalue weighted by Gasteiger charge is -2.30. The number of nitrogens with one attached hydrogen (secondary N) is 1. The molecule has 0 saturated carbocycles. The third kappa shape index (κ3) is 3.08. The van der Waals surface area contributed by atoms with Crippen LogP contribution in [-0.4, -0.2) is 27.0 Å². The molecule has 1 atom stereocenters. The molecule has 0 aliphatic carbocycles. The van der Waals surface area contributed by atoms with Gasteiger partial charge in [0, 0.05) is 18.4 Å². The van der Waals surface area contributed by atoms with Crippen molar-refractivity contribution in [2.75, 3.05) is 0 Å². The highest BCUT2D eigenvalue weighted by molar-refractivity contribution is 7.13. The van der Waals surface area contributed by atoms with Gasteiger partial charge < -0.3 is 10.3 Å². The Hall–Kier alpha value is -1.66. The fraction of sp³-hybridized carbons (Fsp3) is 0.429. The van der Waals surface area contributed by atoms with Gasteiger partial charge in [0.05, 0.1) is 11.4 Å². The second kappa shape index (κ2) is 5.76. The molecular formula is C14H20N4OS.